The molecule has 0 atom stereocenters. The third kappa shape index (κ3) is 3.61. The normalized spacial score (nSPS) is 11.6. The highest BCUT2D eigenvalue weighted by Gasteiger charge is 2.13. The molecular weight excluding hydrogens is 269 g/mol. The number of ether oxygens (including phenoxy) is 1. The fourth-order valence-corrected chi connectivity index (χ4v) is 2.68. The number of rotatable bonds is 4. The summed E-state index contributed by atoms with van der Waals surface area (Å²) in [5, 5.41) is 0.684. The molecule has 1 aromatic rings. The minimum absolute atomic E-state index is 0.153. The van der Waals surface area contributed by atoms with Gasteiger partial charge in [0.2, 0.25) is 9.05 Å². The Balaban J connectivity index is 2.72. The average molecular weight is 276 g/mol. The van der Waals surface area contributed by atoms with Crippen LogP contribution in [0.4, 0.5) is 0 Å². The number of hydrogen-bond donors (Lipinski definition) is 0. The van der Waals surface area contributed by atoms with Crippen molar-refractivity contribution < 1.29 is 13.2 Å². The molecule has 80 valence electrons. The van der Waals surface area contributed by atoms with E-state index in [1.54, 1.807) is 0 Å². The Bertz CT molecular complexity index is 415. The van der Waals surface area contributed by atoms with E-state index in [0.29, 0.717) is 10.1 Å². The van der Waals surface area contributed by atoms with Crippen LogP contribution in [0.15, 0.2) is 0 Å². The summed E-state index contributed by atoms with van der Waals surface area (Å²) < 4.78 is 26.2. The van der Waals surface area contributed by atoms with E-state index < -0.39 is 9.05 Å². The molecule has 0 radical (unpaired) electrons. The van der Waals surface area contributed by atoms with Crippen molar-refractivity contribution in [3.05, 3.63) is 10.0 Å². The summed E-state index contributed by atoms with van der Waals surface area (Å²) in [6, 6.07) is 0. The maximum absolute atomic E-state index is 10.7. The van der Waals surface area contributed by atoms with Crippen LogP contribution >= 0.6 is 33.6 Å². The van der Waals surface area contributed by atoms with Crippen LogP contribution in [0, 0.1) is 0 Å². The van der Waals surface area contributed by atoms with E-state index in [2.05, 4.69) is 4.98 Å². The van der Waals surface area contributed by atoms with Crippen molar-refractivity contribution >= 4 is 42.7 Å². The van der Waals surface area contributed by atoms with Crippen molar-refractivity contribution in [3.63, 3.8) is 0 Å². The third-order valence-electron chi connectivity index (χ3n) is 1.38. The SMILES string of the molecule is COc1nc(Cl)c(CCS(=O)(=O)Cl)s1. The Labute approximate surface area is 95.2 Å². The summed E-state index contributed by atoms with van der Waals surface area (Å²) in [7, 11) is 3.04. The molecule has 0 aliphatic rings. The van der Waals surface area contributed by atoms with Crippen LogP contribution in [0.3, 0.4) is 0 Å². The van der Waals surface area contributed by atoms with Gasteiger partial charge in [-0.25, -0.2) is 8.42 Å². The third-order valence-corrected chi connectivity index (χ3v) is 4.03. The number of aryl methyl sites for hydroxylation is 1. The van der Waals surface area contributed by atoms with Gasteiger partial charge < -0.3 is 4.74 Å². The predicted octanol–water partition coefficient (Wildman–Crippen LogP) is 1.92. The molecular formula is C6H7Cl2NO3S2. The molecule has 0 unspecified atom stereocenters. The van der Waals surface area contributed by atoms with Gasteiger partial charge in [-0.05, 0) is 0 Å². The second-order valence-electron chi connectivity index (χ2n) is 2.39. The fourth-order valence-electron chi connectivity index (χ4n) is 0.769. The first-order valence-electron chi connectivity index (χ1n) is 3.54. The first kappa shape index (κ1) is 12.0. The zero-order valence-electron chi connectivity index (χ0n) is 7.16. The predicted molar refractivity (Wildman–Crippen MR) is 57.0 cm³/mol. The van der Waals surface area contributed by atoms with Crippen LogP contribution in [-0.4, -0.2) is 26.3 Å². The first-order chi connectivity index (χ1) is 6.42. The van der Waals surface area contributed by atoms with Crippen molar-refractivity contribution in [2.45, 2.75) is 6.42 Å². The summed E-state index contributed by atoms with van der Waals surface area (Å²) in [4.78, 5) is 4.51. The van der Waals surface area contributed by atoms with Gasteiger partial charge in [-0.1, -0.05) is 22.9 Å². The van der Waals surface area contributed by atoms with Gasteiger partial charge in [0.25, 0.3) is 5.19 Å². The highest BCUT2D eigenvalue weighted by Crippen LogP contribution is 2.29. The van der Waals surface area contributed by atoms with Crippen molar-refractivity contribution in [1.29, 1.82) is 0 Å². The van der Waals surface area contributed by atoms with Crippen LogP contribution < -0.4 is 4.74 Å². The smallest absolute Gasteiger partial charge is 0.274 e. The second kappa shape index (κ2) is 4.65. The molecule has 8 heteroatoms. The molecule has 1 rings (SSSR count). The van der Waals surface area contributed by atoms with Gasteiger partial charge in [0.15, 0.2) is 0 Å². The lowest BCUT2D eigenvalue weighted by atomic mass is 10.4. The zero-order valence-corrected chi connectivity index (χ0v) is 10.3. The Hall–Kier alpha value is -0.0400. The molecule has 4 nitrogen and oxygen atoms in total. The number of methoxy groups -OCH3 is 1. The summed E-state index contributed by atoms with van der Waals surface area (Å²) in [6.45, 7) is 0. The largest absolute Gasteiger partial charge is 0.473 e. The lowest BCUT2D eigenvalue weighted by molar-refractivity contribution is 0.412. The standard InChI is InChI=1S/C6H7Cl2NO3S2/c1-12-6-9-5(7)4(13-6)2-3-14(8,10)11/h2-3H2,1H3. The number of aromatic nitrogens is 1. The van der Waals surface area contributed by atoms with E-state index in [4.69, 9.17) is 27.0 Å². The van der Waals surface area contributed by atoms with Gasteiger partial charge >= 0.3 is 0 Å². The lowest BCUT2D eigenvalue weighted by Crippen LogP contribution is -1.99. The molecule has 0 amide bonds. The molecule has 0 aliphatic heterocycles. The summed E-state index contributed by atoms with van der Waals surface area (Å²) >= 11 is 6.95. The van der Waals surface area contributed by atoms with Crippen LogP contribution in [0.2, 0.25) is 5.15 Å². The van der Waals surface area contributed by atoms with Crippen molar-refractivity contribution in [2.24, 2.45) is 0 Å². The number of hydrogen-bond acceptors (Lipinski definition) is 5. The number of nitrogens with zero attached hydrogens (tertiary/aromatic N) is 1. The van der Waals surface area contributed by atoms with Gasteiger partial charge in [-0.2, -0.15) is 4.98 Å². The molecule has 0 fully saturated rings. The summed E-state index contributed by atoms with van der Waals surface area (Å²) in [5.74, 6) is -0.153. The Kier molecular flexibility index (Phi) is 4.00. The quantitative estimate of drug-likeness (QED) is 0.788. The van der Waals surface area contributed by atoms with Gasteiger partial charge in [-0.3, -0.25) is 0 Å². The molecule has 0 aliphatic carbocycles. The molecule has 1 aromatic heterocycles. The van der Waals surface area contributed by atoms with Crippen LogP contribution in [0.5, 0.6) is 5.19 Å². The summed E-state index contributed by atoms with van der Waals surface area (Å²) in [5.41, 5.74) is 0. The average Bonchev–Trinajstić information content (AvgIpc) is 2.42. The van der Waals surface area contributed by atoms with Gasteiger partial charge in [0, 0.05) is 22.0 Å². The maximum Gasteiger partial charge on any atom is 0.274 e. The van der Waals surface area contributed by atoms with Gasteiger partial charge in [-0.15, -0.1) is 0 Å². The zero-order chi connectivity index (χ0) is 10.8. The van der Waals surface area contributed by atoms with Gasteiger partial charge in [0.1, 0.15) is 5.15 Å². The molecule has 1 heterocycles. The number of halogens is 2. The number of thiazole rings is 1. The molecule has 0 spiro atoms. The van der Waals surface area contributed by atoms with Crippen LogP contribution in [0.25, 0.3) is 0 Å². The molecule has 0 saturated heterocycles. The molecule has 0 N–H and O–H groups in total. The topological polar surface area (TPSA) is 56.3 Å². The highest BCUT2D eigenvalue weighted by atomic mass is 35.7. The van der Waals surface area contributed by atoms with E-state index in [1.165, 1.54) is 18.4 Å². The summed E-state index contributed by atoms with van der Waals surface area (Å²) in [6.07, 6.45) is 0.256. The Morgan fingerprint density at radius 1 is 1.57 bits per heavy atom. The Morgan fingerprint density at radius 2 is 2.21 bits per heavy atom. The van der Waals surface area contributed by atoms with Gasteiger partial charge in [0.05, 0.1) is 12.9 Å². The highest BCUT2D eigenvalue weighted by molar-refractivity contribution is 8.13. The molecule has 0 saturated carbocycles. The van der Waals surface area contributed by atoms with E-state index >= 15 is 0 Å². The van der Waals surface area contributed by atoms with Crippen LogP contribution in [-0.2, 0) is 15.5 Å². The van der Waals surface area contributed by atoms with Crippen molar-refractivity contribution in [3.8, 4) is 5.19 Å². The van der Waals surface area contributed by atoms with Crippen LogP contribution in [0.1, 0.15) is 4.88 Å². The monoisotopic (exact) mass is 275 g/mol. The van der Waals surface area contributed by atoms with E-state index in [0.717, 1.165) is 0 Å². The fraction of sp³-hybridized carbons (Fsp3) is 0.500. The minimum Gasteiger partial charge on any atom is -0.473 e. The van der Waals surface area contributed by atoms with E-state index in [9.17, 15) is 8.42 Å². The van der Waals surface area contributed by atoms with Crippen molar-refractivity contribution in [1.82, 2.24) is 4.98 Å². The maximum atomic E-state index is 10.7. The second-order valence-corrected chi connectivity index (χ2v) is 6.69. The molecule has 0 aromatic carbocycles. The van der Waals surface area contributed by atoms with Crippen molar-refractivity contribution in [2.75, 3.05) is 12.9 Å². The lowest BCUT2D eigenvalue weighted by Gasteiger charge is -1.93. The first-order valence-corrected chi connectivity index (χ1v) is 7.21. The molecule has 14 heavy (non-hydrogen) atoms. The molecule has 0 bridgehead atoms. The minimum atomic E-state index is -3.48. The van der Waals surface area contributed by atoms with E-state index in [1.807, 2.05) is 0 Å². The Morgan fingerprint density at radius 3 is 2.64 bits per heavy atom. The van der Waals surface area contributed by atoms with E-state index in [-0.39, 0.29) is 17.3 Å².